The first-order valence-corrected chi connectivity index (χ1v) is 6.16. The minimum absolute atomic E-state index is 0.168. The van der Waals surface area contributed by atoms with Crippen molar-refractivity contribution in [2.24, 2.45) is 0 Å². The molecule has 1 aliphatic heterocycles. The molecule has 0 radical (unpaired) electrons. The van der Waals surface area contributed by atoms with E-state index in [2.05, 4.69) is 5.32 Å². The van der Waals surface area contributed by atoms with Gasteiger partial charge in [-0.15, -0.1) is 0 Å². The van der Waals surface area contributed by atoms with Crippen LogP contribution in [0.15, 0.2) is 24.3 Å². The molecule has 2 rings (SSSR count). The number of methoxy groups -OCH3 is 1. The maximum Gasteiger partial charge on any atom is 0.322 e. The molecule has 0 unspecified atom stereocenters. The van der Waals surface area contributed by atoms with Crippen molar-refractivity contribution in [2.45, 2.75) is 24.8 Å². The number of esters is 1. The summed E-state index contributed by atoms with van der Waals surface area (Å²) in [6, 6.07) is 7.71. The molecule has 92 valence electrons. The van der Waals surface area contributed by atoms with Gasteiger partial charge in [0.25, 0.3) is 0 Å². The normalized spacial score (nSPS) is 24.4. The quantitative estimate of drug-likeness (QED) is 0.823. The van der Waals surface area contributed by atoms with Crippen LogP contribution < -0.4 is 5.32 Å². The Morgan fingerprint density at radius 1 is 1.41 bits per heavy atom. The van der Waals surface area contributed by atoms with Crippen LogP contribution in [0.2, 0.25) is 5.02 Å². The predicted octanol–water partition coefficient (Wildman–Crippen LogP) is 2.35. The van der Waals surface area contributed by atoms with Gasteiger partial charge in [0.15, 0.2) is 0 Å². The van der Waals surface area contributed by atoms with E-state index in [9.17, 15) is 4.79 Å². The van der Waals surface area contributed by atoms with Gasteiger partial charge in [0, 0.05) is 11.6 Å². The van der Waals surface area contributed by atoms with Crippen LogP contribution >= 0.6 is 11.6 Å². The summed E-state index contributed by atoms with van der Waals surface area (Å²) in [6.45, 7) is 0.767. The second-order valence-corrected chi connectivity index (χ2v) is 4.69. The Bertz CT molecular complexity index is 400. The molecule has 1 aromatic rings. The zero-order valence-corrected chi connectivity index (χ0v) is 10.5. The van der Waals surface area contributed by atoms with E-state index in [0.29, 0.717) is 5.92 Å². The van der Waals surface area contributed by atoms with Gasteiger partial charge in [0.1, 0.15) is 6.04 Å². The number of nitrogens with one attached hydrogen (secondary N) is 1. The zero-order chi connectivity index (χ0) is 12.3. The van der Waals surface area contributed by atoms with Crippen molar-refractivity contribution in [1.82, 2.24) is 5.32 Å². The fourth-order valence-corrected chi connectivity index (χ4v) is 2.56. The van der Waals surface area contributed by atoms with Crippen molar-refractivity contribution < 1.29 is 9.53 Å². The van der Waals surface area contributed by atoms with E-state index in [4.69, 9.17) is 16.3 Å². The van der Waals surface area contributed by atoms with Crippen molar-refractivity contribution in [3.63, 3.8) is 0 Å². The highest BCUT2D eigenvalue weighted by molar-refractivity contribution is 6.31. The lowest BCUT2D eigenvalue weighted by atomic mass is 9.89. The minimum atomic E-state index is -0.178. The third kappa shape index (κ3) is 2.79. The Balaban J connectivity index is 2.00. The van der Waals surface area contributed by atoms with Crippen molar-refractivity contribution in [3.8, 4) is 0 Å². The van der Waals surface area contributed by atoms with Gasteiger partial charge in [0.2, 0.25) is 0 Å². The van der Waals surface area contributed by atoms with Crippen LogP contribution in [0.5, 0.6) is 0 Å². The minimum Gasteiger partial charge on any atom is -0.468 e. The van der Waals surface area contributed by atoms with Crippen molar-refractivity contribution in [1.29, 1.82) is 0 Å². The number of rotatable bonds is 2. The molecule has 4 heteroatoms. The Morgan fingerprint density at radius 2 is 2.18 bits per heavy atom. The molecule has 1 aromatic carbocycles. The van der Waals surface area contributed by atoms with E-state index in [1.807, 2.05) is 24.3 Å². The maximum absolute atomic E-state index is 11.4. The Hall–Kier alpha value is -1.06. The molecule has 2 atom stereocenters. The first-order valence-electron chi connectivity index (χ1n) is 5.78. The smallest absolute Gasteiger partial charge is 0.322 e. The van der Waals surface area contributed by atoms with E-state index in [0.717, 1.165) is 30.0 Å². The Morgan fingerprint density at radius 3 is 2.76 bits per heavy atom. The number of hydrogen-bond acceptors (Lipinski definition) is 3. The molecule has 1 heterocycles. The number of carbonyl (C=O) groups is 1. The number of piperidine rings is 1. The van der Waals surface area contributed by atoms with E-state index in [1.165, 1.54) is 7.11 Å². The second-order valence-electron chi connectivity index (χ2n) is 4.28. The molecule has 3 nitrogen and oxygen atoms in total. The summed E-state index contributed by atoms with van der Waals surface area (Å²) in [6.07, 6.45) is 1.75. The zero-order valence-electron chi connectivity index (χ0n) is 9.78. The summed E-state index contributed by atoms with van der Waals surface area (Å²) < 4.78 is 4.73. The molecular formula is C13H16ClNO2. The number of carbonyl (C=O) groups excluding carboxylic acids is 1. The Labute approximate surface area is 106 Å². The largest absolute Gasteiger partial charge is 0.468 e. The van der Waals surface area contributed by atoms with Crippen LogP contribution in [-0.2, 0) is 9.53 Å². The molecule has 1 aliphatic rings. The lowest BCUT2D eigenvalue weighted by molar-refractivity contribution is -0.143. The van der Waals surface area contributed by atoms with Crippen molar-refractivity contribution in [2.75, 3.05) is 13.7 Å². The molecule has 0 amide bonds. The first-order chi connectivity index (χ1) is 8.22. The van der Waals surface area contributed by atoms with Gasteiger partial charge in [-0.3, -0.25) is 4.79 Å². The van der Waals surface area contributed by atoms with Crippen LogP contribution in [-0.4, -0.2) is 25.7 Å². The molecule has 0 bridgehead atoms. The summed E-state index contributed by atoms with van der Waals surface area (Å²) >= 11 is 6.16. The van der Waals surface area contributed by atoms with E-state index >= 15 is 0 Å². The van der Waals surface area contributed by atoms with Crippen molar-refractivity contribution in [3.05, 3.63) is 34.9 Å². The molecule has 0 aliphatic carbocycles. The van der Waals surface area contributed by atoms with Crippen LogP contribution in [0.4, 0.5) is 0 Å². The number of halogens is 1. The van der Waals surface area contributed by atoms with Crippen LogP contribution in [0.3, 0.4) is 0 Å². The highest BCUT2D eigenvalue weighted by Crippen LogP contribution is 2.30. The van der Waals surface area contributed by atoms with E-state index < -0.39 is 0 Å². The van der Waals surface area contributed by atoms with E-state index in [-0.39, 0.29) is 12.0 Å². The van der Waals surface area contributed by atoms with Gasteiger partial charge in [-0.05, 0) is 30.4 Å². The SMILES string of the molecule is COC(=O)[C@H]1CC[C@@H](c2ccccc2Cl)CN1. The average Bonchev–Trinajstić information content (AvgIpc) is 2.39. The molecule has 1 saturated heterocycles. The molecule has 1 fully saturated rings. The molecular weight excluding hydrogens is 238 g/mol. The van der Waals surface area contributed by atoms with Gasteiger partial charge in [-0.25, -0.2) is 0 Å². The third-order valence-electron chi connectivity index (χ3n) is 3.25. The topological polar surface area (TPSA) is 38.3 Å². The maximum atomic E-state index is 11.4. The summed E-state index contributed by atoms with van der Waals surface area (Å²) in [5.74, 6) is 0.201. The lowest BCUT2D eigenvalue weighted by Gasteiger charge is -2.29. The van der Waals surface area contributed by atoms with Crippen LogP contribution in [0.25, 0.3) is 0 Å². The fraction of sp³-hybridized carbons (Fsp3) is 0.462. The highest BCUT2D eigenvalue weighted by Gasteiger charge is 2.27. The summed E-state index contributed by atoms with van der Waals surface area (Å²) in [5, 5.41) is 4.01. The predicted molar refractivity (Wildman–Crippen MR) is 67.2 cm³/mol. The molecule has 0 saturated carbocycles. The molecule has 1 N–H and O–H groups in total. The summed E-state index contributed by atoms with van der Waals surface area (Å²) in [5.41, 5.74) is 1.16. The number of hydrogen-bond donors (Lipinski definition) is 1. The number of benzene rings is 1. The molecule has 17 heavy (non-hydrogen) atoms. The summed E-state index contributed by atoms with van der Waals surface area (Å²) in [4.78, 5) is 11.4. The molecule has 0 spiro atoms. The van der Waals surface area contributed by atoms with Gasteiger partial charge < -0.3 is 10.1 Å². The standard InChI is InChI=1S/C13H16ClNO2/c1-17-13(16)12-7-6-9(8-15-12)10-4-2-3-5-11(10)14/h2-5,9,12,15H,6-8H2,1H3/t9-,12-/m1/s1. The molecule has 0 aromatic heterocycles. The van der Waals surface area contributed by atoms with Crippen LogP contribution in [0, 0.1) is 0 Å². The highest BCUT2D eigenvalue weighted by atomic mass is 35.5. The monoisotopic (exact) mass is 253 g/mol. The van der Waals surface area contributed by atoms with Gasteiger partial charge in [0.05, 0.1) is 7.11 Å². The van der Waals surface area contributed by atoms with Gasteiger partial charge in [-0.1, -0.05) is 29.8 Å². The van der Waals surface area contributed by atoms with Crippen LogP contribution in [0.1, 0.15) is 24.3 Å². The van der Waals surface area contributed by atoms with Crippen molar-refractivity contribution >= 4 is 17.6 Å². The second kappa shape index (κ2) is 5.52. The lowest BCUT2D eigenvalue weighted by Crippen LogP contribution is -2.43. The van der Waals surface area contributed by atoms with Gasteiger partial charge in [-0.2, -0.15) is 0 Å². The number of ether oxygens (including phenoxy) is 1. The van der Waals surface area contributed by atoms with Gasteiger partial charge >= 0.3 is 5.97 Å². The first kappa shape index (κ1) is 12.4. The fourth-order valence-electron chi connectivity index (χ4n) is 2.27. The third-order valence-corrected chi connectivity index (χ3v) is 3.59. The summed E-state index contributed by atoms with van der Waals surface area (Å²) in [7, 11) is 1.42. The van der Waals surface area contributed by atoms with E-state index in [1.54, 1.807) is 0 Å². The Kier molecular flexibility index (Phi) is 4.02. The average molecular weight is 254 g/mol.